The number of rotatable bonds is 2. The van der Waals surface area contributed by atoms with Crippen LogP contribution in [0.25, 0.3) is 0 Å². The van der Waals surface area contributed by atoms with Gasteiger partial charge in [-0.15, -0.1) is 0 Å². The van der Waals surface area contributed by atoms with E-state index in [4.69, 9.17) is 0 Å². The SMILES string of the molecule is CCn1cnc(C(F)F)c(Br)c1=O. The maximum absolute atomic E-state index is 12.2. The second-order valence-corrected chi connectivity index (χ2v) is 3.13. The van der Waals surface area contributed by atoms with E-state index in [-0.39, 0.29) is 4.47 Å². The highest BCUT2D eigenvalue weighted by molar-refractivity contribution is 9.10. The average Bonchev–Trinajstić information content (AvgIpc) is 2.09. The van der Waals surface area contributed by atoms with E-state index < -0.39 is 17.7 Å². The first-order chi connectivity index (χ1) is 6.07. The number of aryl methyl sites for hydroxylation is 1. The molecule has 0 spiro atoms. The van der Waals surface area contributed by atoms with E-state index in [9.17, 15) is 13.6 Å². The van der Waals surface area contributed by atoms with Gasteiger partial charge in [0.2, 0.25) is 0 Å². The molecule has 0 N–H and O–H groups in total. The molecule has 1 heterocycles. The summed E-state index contributed by atoms with van der Waals surface area (Å²) in [4.78, 5) is 14.7. The third kappa shape index (κ3) is 1.93. The number of nitrogens with zero attached hydrogens (tertiary/aromatic N) is 2. The average molecular weight is 253 g/mol. The zero-order valence-electron chi connectivity index (χ0n) is 6.80. The second-order valence-electron chi connectivity index (χ2n) is 2.34. The maximum atomic E-state index is 12.2. The number of halogens is 3. The van der Waals surface area contributed by atoms with Gasteiger partial charge in [-0.05, 0) is 22.9 Å². The van der Waals surface area contributed by atoms with Gasteiger partial charge in [0.15, 0.2) is 0 Å². The standard InChI is InChI=1S/C7H7BrF2N2O/c1-2-12-3-11-5(6(9)10)4(8)7(12)13/h3,6H,2H2,1H3. The van der Waals surface area contributed by atoms with E-state index in [1.807, 2.05) is 0 Å². The summed E-state index contributed by atoms with van der Waals surface area (Å²) in [6, 6.07) is 0. The topological polar surface area (TPSA) is 34.9 Å². The molecule has 0 aliphatic carbocycles. The van der Waals surface area contributed by atoms with Crippen LogP contribution in [0.15, 0.2) is 15.6 Å². The fourth-order valence-electron chi connectivity index (χ4n) is 0.854. The lowest BCUT2D eigenvalue weighted by atomic mass is 10.4. The predicted octanol–water partition coefficient (Wildman–Crippen LogP) is 1.96. The Morgan fingerprint density at radius 1 is 1.69 bits per heavy atom. The number of hydrogen-bond donors (Lipinski definition) is 0. The largest absolute Gasteiger partial charge is 0.299 e. The van der Waals surface area contributed by atoms with Crippen LogP contribution in [-0.2, 0) is 6.54 Å². The lowest BCUT2D eigenvalue weighted by molar-refractivity contribution is 0.144. The summed E-state index contributed by atoms with van der Waals surface area (Å²) in [5.74, 6) is 0. The fourth-order valence-corrected chi connectivity index (χ4v) is 1.36. The minimum absolute atomic E-state index is 0.160. The van der Waals surface area contributed by atoms with Gasteiger partial charge in [-0.3, -0.25) is 9.36 Å². The minimum Gasteiger partial charge on any atom is -0.299 e. The van der Waals surface area contributed by atoms with Gasteiger partial charge in [-0.2, -0.15) is 0 Å². The Morgan fingerprint density at radius 2 is 2.31 bits per heavy atom. The first kappa shape index (κ1) is 10.3. The number of alkyl halides is 2. The molecular weight excluding hydrogens is 246 g/mol. The van der Waals surface area contributed by atoms with E-state index in [1.54, 1.807) is 6.92 Å². The minimum atomic E-state index is -2.73. The highest BCUT2D eigenvalue weighted by Gasteiger charge is 2.16. The molecule has 0 saturated heterocycles. The molecule has 1 rings (SSSR count). The molecule has 0 unspecified atom stereocenters. The first-order valence-corrected chi connectivity index (χ1v) is 4.40. The molecule has 6 heteroatoms. The molecule has 1 aromatic heterocycles. The molecule has 1 aromatic rings. The van der Waals surface area contributed by atoms with Crippen LogP contribution in [0.3, 0.4) is 0 Å². The molecule has 0 saturated carbocycles. The van der Waals surface area contributed by atoms with Crippen LogP contribution in [0.5, 0.6) is 0 Å². The molecule has 0 bridgehead atoms. The third-order valence-corrected chi connectivity index (χ3v) is 2.30. The summed E-state index contributed by atoms with van der Waals surface area (Å²) in [6.07, 6.45) is -1.61. The lowest BCUT2D eigenvalue weighted by Crippen LogP contribution is -2.22. The van der Waals surface area contributed by atoms with Crippen LogP contribution in [-0.4, -0.2) is 9.55 Å². The Kier molecular flexibility index (Phi) is 3.13. The van der Waals surface area contributed by atoms with Crippen LogP contribution in [0, 0.1) is 0 Å². The van der Waals surface area contributed by atoms with E-state index >= 15 is 0 Å². The molecule has 13 heavy (non-hydrogen) atoms. The Balaban J connectivity index is 3.32. The van der Waals surface area contributed by atoms with Crippen molar-refractivity contribution in [2.75, 3.05) is 0 Å². The monoisotopic (exact) mass is 252 g/mol. The Labute approximate surface area is 81.5 Å². The molecule has 0 aliphatic rings. The Bertz CT molecular complexity index is 364. The highest BCUT2D eigenvalue weighted by atomic mass is 79.9. The fraction of sp³-hybridized carbons (Fsp3) is 0.429. The van der Waals surface area contributed by atoms with Gasteiger partial charge in [0.25, 0.3) is 12.0 Å². The van der Waals surface area contributed by atoms with Crippen molar-refractivity contribution in [1.29, 1.82) is 0 Å². The molecule has 0 aliphatic heterocycles. The van der Waals surface area contributed by atoms with Gasteiger partial charge in [-0.1, -0.05) is 0 Å². The summed E-state index contributed by atoms with van der Waals surface area (Å²) >= 11 is 2.80. The van der Waals surface area contributed by atoms with Crippen molar-refractivity contribution in [3.8, 4) is 0 Å². The van der Waals surface area contributed by atoms with Crippen LogP contribution in [0.4, 0.5) is 8.78 Å². The van der Waals surface area contributed by atoms with Crippen molar-refractivity contribution in [3.63, 3.8) is 0 Å². The van der Waals surface area contributed by atoms with Crippen molar-refractivity contribution < 1.29 is 8.78 Å². The quantitative estimate of drug-likeness (QED) is 0.807. The van der Waals surface area contributed by atoms with Crippen LogP contribution in [0.1, 0.15) is 19.0 Å². The molecule has 0 aromatic carbocycles. The summed E-state index contributed by atoms with van der Waals surface area (Å²) < 4.78 is 25.5. The molecule has 0 radical (unpaired) electrons. The molecule has 0 amide bonds. The van der Waals surface area contributed by atoms with Gasteiger partial charge in [-0.25, -0.2) is 13.8 Å². The third-order valence-electron chi connectivity index (χ3n) is 1.56. The predicted molar refractivity (Wildman–Crippen MR) is 46.8 cm³/mol. The zero-order chi connectivity index (χ0) is 10.0. The summed E-state index contributed by atoms with van der Waals surface area (Å²) in [5.41, 5.74) is -0.984. The van der Waals surface area contributed by atoms with Crippen molar-refractivity contribution in [3.05, 3.63) is 26.8 Å². The number of hydrogen-bond acceptors (Lipinski definition) is 2. The first-order valence-electron chi connectivity index (χ1n) is 3.61. The lowest BCUT2D eigenvalue weighted by Gasteiger charge is -2.04. The van der Waals surface area contributed by atoms with Gasteiger partial charge in [0.05, 0.1) is 6.33 Å². The molecular formula is C7H7BrF2N2O. The van der Waals surface area contributed by atoms with Gasteiger partial charge < -0.3 is 0 Å². The summed E-state index contributed by atoms with van der Waals surface area (Å²) in [5, 5.41) is 0. The summed E-state index contributed by atoms with van der Waals surface area (Å²) in [6.45, 7) is 2.14. The highest BCUT2D eigenvalue weighted by Crippen LogP contribution is 2.21. The van der Waals surface area contributed by atoms with Gasteiger partial charge in [0.1, 0.15) is 10.2 Å². The van der Waals surface area contributed by atoms with Crippen molar-refractivity contribution in [1.82, 2.24) is 9.55 Å². The molecule has 0 atom stereocenters. The van der Waals surface area contributed by atoms with E-state index in [2.05, 4.69) is 20.9 Å². The maximum Gasteiger partial charge on any atom is 0.281 e. The van der Waals surface area contributed by atoms with Crippen LogP contribution < -0.4 is 5.56 Å². The van der Waals surface area contributed by atoms with Crippen LogP contribution >= 0.6 is 15.9 Å². The second kappa shape index (κ2) is 3.95. The smallest absolute Gasteiger partial charge is 0.281 e. The van der Waals surface area contributed by atoms with E-state index in [0.717, 1.165) is 6.33 Å². The van der Waals surface area contributed by atoms with Crippen LogP contribution in [0.2, 0.25) is 0 Å². The van der Waals surface area contributed by atoms with Gasteiger partial charge >= 0.3 is 0 Å². The summed E-state index contributed by atoms with van der Waals surface area (Å²) in [7, 11) is 0. The van der Waals surface area contributed by atoms with E-state index in [1.165, 1.54) is 4.57 Å². The number of aromatic nitrogens is 2. The van der Waals surface area contributed by atoms with Crippen molar-refractivity contribution in [2.45, 2.75) is 19.9 Å². The van der Waals surface area contributed by atoms with E-state index in [0.29, 0.717) is 6.54 Å². The van der Waals surface area contributed by atoms with Crippen molar-refractivity contribution in [2.24, 2.45) is 0 Å². The van der Waals surface area contributed by atoms with Crippen molar-refractivity contribution >= 4 is 15.9 Å². The molecule has 72 valence electrons. The Hall–Kier alpha value is -0.780. The van der Waals surface area contributed by atoms with Gasteiger partial charge in [0, 0.05) is 6.54 Å². The molecule has 3 nitrogen and oxygen atoms in total. The Morgan fingerprint density at radius 3 is 2.77 bits per heavy atom. The normalized spacial score (nSPS) is 10.8. The molecule has 0 fully saturated rings. The zero-order valence-corrected chi connectivity index (χ0v) is 8.38.